The zero-order chi connectivity index (χ0) is 16.8. The van der Waals surface area contributed by atoms with Gasteiger partial charge in [0.2, 0.25) is 0 Å². The summed E-state index contributed by atoms with van der Waals surface area (Å²) >= 11 is 0. The lowest BCUT2D eigenvalue weighted by Crippen LogP contribution is -2.27. The van der Waals surface area contributed by atoms with Crippen LogP contribution in [0.3, 0.4) is 0 Å². The summed E-state index contributed by atoms with van der Waals surface area (Å²) in [4.78, 5) is 25.2. The summed E-state index contributed by atoms with van der Waals surface area (Å²) < 4.78 is 5.57. The molecule has 0 saturated heterocycles. The van der Waals surface area contributed by atoms with E-state index in [1.807, 2.05) is 18.2 Å². The van der Waals surface area contributed by atoms with Gasteiger partial charge in [-0.3, -0.25) is 4.79 Å². The molecule has 0 bridgehead atoms. The molecule has 2 rings (SSSR count). The number of carbonyl (C=O) groups is 2. The maximum absolute atomic E-state index is 12.1. The fraction of sp³-hybridized carbons (Fsp3) is 0.556. The Balaban J connectivity index is 1.87. The number of rotatable bonds is 4. The maximum atomic E-state index is 12.1. The number of urea groups is 1. The van der Waals surface area contributed by atoms with Gasteiger partial charge in [-0.2, -0.15) is 0 Å². The van der Waals surface area contributed by atoms with Gasteiger partial charge in [0.25, 0.3) is 0 Å². The molecule has 0 spiro atoms. The van der Waals surface area contributed by atoms with E-state index in [9.17, 15) is 9.59 Å². The van der Waals surface area contributed by atoms with Crippen LogP contribution in [0.15, 0.2) is 24.3 Å². The second kappa shape index (κ2) is 7.99. The van der Waals surface area contributed by atoms with E-state index >= 15 is 0 Å². The highest BCUT2D eigenvalue weighted by molar-refractivity contribution is 5.89. The van der Waals surface area contributed by atoms with Crippen LogP contribution >= 0.6 is 0 Å². The minimum absolute atomic E-state index is 0.0651. The van der Waals surface area contributed by atoms with Crippen LogP contribution in [0.5, 0.6) is 0 Å². The van der Waals surface area contributed by atoms with E-state index in [-0.39, 0.29) is 24.5 Å². The molecule has 1 fully saturated rings. The molecule has 1 aliphatic rings. The smallest absolute Gasteiger partial charge is 0.321 e. The lowest BCUT2D eigenvalue weighted by molar-refractivity contribution is -0.150. The van der Waals surface area contributed by atoms with Crippen LogP contribution < -0.4 is 5.32 Å². The Labute approximate surface area is 138 Å². The Bertz CT molecular complexity index is 549. The van der Waals surface area contributed by atoms with Crippen molar-refractivity contribution in [3.8, 4) is 0 Å². The summed E-state index contributed by atoms with van der Waals surface area (Å²) in [6, 6.07) is 7.12. The van der Waals surface area contributed by atoms with Crippen molar-refractivity contribution in [2.24, 2.45) is 5.92 Å². The molecule has 1 aromatic rings. The topological polar surface area (TPSA) is 58.6 Å². The van der Waals surface area contributed by atoms with E-state index in [1.54, 1.807) is 20.2 Å². The molecule has 5 heteroatoms. The highest BCUT2D eigenvalue weighted by Crippen LogP contribution is 2.25. The van der Waals surface area contributed by atoms with Crippen LogP contribution in [-0.2, 0) is 16.0 Å². The highest BCUT2D eigenvalue weighted by Gasteiger charge is 2.21. The van der Waals surface area contributed by atoms with Crippen molar-refractivity contribution in [3.63, 3.8) is 0 Å². The number of nitrogens with one attached hydrogen (secondary N) is 1. The van der Waals surface area contributed by atoms with Crippen LogP contribution in [0, 0.1) is 5.92 Å². The zero-order valence-corrected chi connectivity index (χ0v) is 14.2. The first-order chi connectivity index (χ1) is 10.9. The summed E-state index contributed by atoms with van der Waals surface area (Å²) in [6.45, 7) is 2.24. The van der Waals surface area contributed by atoms with Gasteiger partial charge in [-0.15, -0.1) is 0 Å². The first-order valence-electron chi connectivity index (χ1n) is 8.20. The average Bonchev–Trinajstić information content (AvgIpc) is 2.49. The third-order valence-corrected chi connectivity index (χ3v) is 4.19. The van der Waals surface area contributed by atoms with E-state index < -0.39 is 0 Å². The molecule has 1 saturated carbocycles. The third kappa shape index (κ3) is 5.58. The maximum Gasteiger partial charge on any atom is 0.321 e. The number of benzene rings is 1. The van der Waals surface area contributed by atoms with Crippen molar-refractivity contribution in [2.75, 3.05) is 19.4 Å². The number of anilines is 1. The molecule has 1 N–H and O–H groups in total. The molecule has 0 heterocycles. The van der Waals surface area contributed by atoms with Gasteiger partial charge in [-0.1, -0.05) is 19.1 Å². The molecule has 0 atom stereocenters. The molecule has 0 radical (unpaired) electrons. The quantitative estimate of drug-likeness (QED) is 0.865. The summed E-state index contributed by atoms with van der Waals surface area (Å²) in [7, 11) is 3.36. The van der Waals surface area contributed by atoms with Crippen molar-refractivity contribution >= 4 is 17.7 Å². The number of esters is 1. The second-order valence-electron chi connectivity index (χ2n) is 6.57. The first-order valence-corrected chi connectivity index (χ1v) is 8.20. The van der Waals surface area contributed by atoms with Gasteiger partial charge in [-0.25, -0.2) is 4.79 Å². The molecule has 0 unspecified atom stereocenters. The molecule has 5 nitrogen and oxygen atoms in total. The lowest BCUT2D eigenvalue weighted by atomic mass is 9.89. The van der Waals surface area contributed by atoms with Crippen molar-refractivity contribution < 1.29 is 14.3 Å². The number of amides is 2. The van der Waals surface area contributed by atoms with Crippen molar-refractivity contribution in [3.05, 3.63) is 29.8 Å². The van der Waals surface area contributed by atoms with E-state index in [0.717, 1.165) is 37.2 Å². The molecule has 0 aliphatic heterocycles. The fourth-order valence-corrected chi connectivity index (χ4v) is 2.74. The SMILES string of the molecule is CC1CCC(OC(=O)Cc2cccc(NC(=O)N(C)C)c2)CC1. The van der Waals surface area contributed by atoms with Crippen LogP contribution in [0.25, 0.3) is 0 Å². The molecule has 2 amide bonds. The van der Waals surface area contributed by atoms with Crippen molar-refractivity contribution in [1.82, 2.24) is 4.90 Å². The molecular weight excluding hydrogens is 292 g/mol. The van der Waals surface area contributed by atoms with E-state index in [1.165, 1.54) is 4.90 Å². The largest absolute Gasteiger partial charge is 0.462 e. The third-order valence-electron chi connectivity index (χ3n) is 4.19. The van der Waals surface area contributed by atoms with Crippen LogP contribution in [0.1, 0.15) is 38.2 Å². The van der Waals surface area contributed by atoms with Crippen molar-refractivity contribution in [2.45, 2.75) is 45.1 Å². The zero-order valence-electron chi connectivity index (χ0n) is 14.2. The Morgan fingerprint density at radius 2 is 1.91 bits per heavy atom. The second-order valence-corrected chi connectivity index (χ2v) is 6.57. The Morgan fingerprint density at radius 3 is 2.57 bits per heavy atom. The van der Waals surface area contributed by atoms with Gasteiger partial charge in [0.05, 0.1) is 6.42 Å². The highest BCUT2D eigenvalue weighted by atomic mass is 16.5. The normalized spacial score (nSPS) is 20.7. The van der Waals surface area contributed by atoms with Gasteiger partial charge in [0.1, 0.15) is 6.10 Å². The van der Waals surface area contributed by atoms with Crippen molar-refractivity contribution in [1.29, 1.82) is 0 Å². The number of nitrogens with zero attached hydrogens (tertiary/aromatic N) is 1. The number of carbonyl (C=O) groups excluding carboxylic acids is 2. The molecular formula is C18H26N2O3. The minimum atomic E-state index is -0.194. The average molecular weight is 318 g/mol. The van der Waals surface area contributed by atoms with E-state index in [2.05, 4.69) is 12.2 Å². The molecule has 126 valence electrons. The van der Waals surface area contributed by atoms with Crippen LogP contribution in [0.4, 0.5) is 10.5 Å². The fourth-order valence-electron chi connectivity index (χ4n) is 2.74. The van der Waals surface area contributed by atoms with Gasteiger partial charge in [-0.05, 0) is 49.3 Å². The summed E-state index contributed by atoms with van der Waals surface area (Å²) in [6.07, 6.45) is 4.49. The standard InChI is InChI=1S/C18H26N2O3/c1-13-7-9-16(10-8-13)23-17(21)12-14-5-4-6-15(11-14)19-18(22)20(2)3/h4-6,11,13,16H,7-10,12H2,1-3H3,(H,19,22). The van der Waals surface area contributed by atoms with Gasteiger partial charge in [0, 0.05) is 19.8 Å². The van der Waals surface area contributed by atoms with Gasteiger partial charge < -0.3 is 15.0 Å². The number of ether oxygens (including phenoxy) is 1. The number of hydrogen-bond acceptors (Lipinski definition) is 3. The van der Waals surface area contributed by atoms with Gasteiger partial charge >= 0.3 is 12.0 Å². The summed E-state index contributed by atoms with van der Waals surface area (Å²) in [5.74, 6) is 0.544. The lowest BCUT2D eigenvalue weighted by Gasteiger charge is -2.26. The van der Waals surface area contributed by atoms with Crippen LogP contribution in [-0.4, -0.2) is 37.1 Å². The predicted molar refractivity (Wildman–Crippen MR) is 90.4 cm³/mol. The van der Waals surface area contributed by atoms with E-state index in [0.29, 0.717) is 5.69 Å². The Kier molecular flexibility index (Phi) is 6.02. The number of hydrogen-bond donors (Lipinski definition) is 1. The molecule has 0 aromatic heterocycles. The summed E-state index contributed by atoms with van der Waals surface area (Å²) in [5, 5.41) is 2.78. The monoisotopic (exact) mass is 318 g/mol. The predicted octanol–water partition coefficient (Wildman–Crippen LogP) is 3.44. The minimum Gasteiger partial charge on any atom is -0.462 e. The Morgan fingerprint density at radius 1 is 1.22 bits per heavy atom. The first kappa shape index (κ1) is 17.3. The molecule has 1 aromatic carbocycles. The molecule has 1 aliphatic carbocycles. The molecule has 23 heavy (non-hydrogen) atoms. The van der Waals surface area contributed by atoms with Gasteiger partial charge in [0.15, 0.2) is 0 Å². The Hall–Kier alpha value is -2.04. The van der Waals surface area contributed by atoms with Crippen LogP contribution in [0.2, 0.25) is 0 Å². The summed E-state index contributed by atoms with van der Waals surface area (Å²) in [5.41, 5.74) is 1.52. The van der Waals surface area contributed by atoms with E-state index in [4.69, 9.17) is 4.74 Å².